The Labute approximate surface area is 135 Å². The molecule has 10 heteroatoms. The van der Waals surface area contributed by atoms with Crippen molar-refractivity contribution in [3.8, 4) is 0 Å². The van der Waals surface area contributed by atoms with Gasteiger partial charge in [0.25, 0.3) is 0 Å². The molecule has 0 aliphatic carbocycles. The molecule has 1 atom stereocenters. The van der Waals surface area contributed by atoms with E-state index in [1.165, 1.54) is 12.3 Å². The van der Waals surface area contributed by atoms with E-state index < -0.39 is 41.6 Å². The molecule has 0 radical (unpaired) electrons. The summed E-state index contributed by atoms with van der Waals surface area (Å²) < 4.78 is 39.6. The van der Waals surface area contributed by atoms with Gasteiger partial charge in [-0.05, 0) is 20.8 Å². The molecular weight excluding hydrogens is 335 g/mol. The van der Waals surface area contributed by atoms with Crippen molar-refractivity contribution in [2.45, 2.75) is 45.0 Å². The Balaban J connectivity index is 2.79. The highest BCUT2D eigenvalue weighted by Crippen LogP contribution is 2.42. The first-order valence-corrected chi connectivity index (χ1v) is 7.61. The summed E-state index contributed by atoms with van der Waals surface area (Å²) in [5.41, 5.74) is -3.07. The molecule has 0 aromatic carbocycles. The molecule has 0 saturated heterocycles. The minimum Gasteiger partial charge on any atom is -0.374 e. The number of rotatable bonds is 6. The lowest BCUT2D eigenvalue weighted by molar-refractivity contribution is -0.267. The number of amides is 2. The molecule has 0 bridgehead atoms. The minimum absolute atomic E-state index is 0.162. The summed E-state index contributed by atoms with van der Waals surface area (Å²) in [6.07, 6.45) is -6.34. The van der Waals surface area contributed by atoms with Crippen molar-refractivity contribution in [2.75, 3.05) is 6.54 Å². The van der Waals surface area contributed by atoms with Crippen LogP contribution >= 0.6 is 11.3 Å². The van der Waals surface area contributed by atoms with Gasteiger partial charge in [0.2, 0.25) is 17.4 Å². The van der Waals surface area contributed by atoms with Crippen molar-refractivity contribution in [1.29, 1.82) is 0 Å². The van der Waals surface area contributed by atoms with Crippen LogP contribution < -0.4 is 10.6 Å². The number of carbonyl (C=O) groups excluding carboxylic acids is 2. The van der Waals surface area contributed by atoms with E-state index in [2.05, 4.69) is 15.6 Å². The monoisotopic (exact) mass is 353 g/mol. The summed E-state index contributed by atoms with van der Waals surface area (Å²) in [4.78, 5) is 26.7. The molecule has 0 saturated carbocycles. The lowest BCUT2D eigenvalue weighted by Gasteiger charge is -2.27. The maximum absolute atomic E-state index is 13.2. The molecule has 130 valence electrons. The summed E-state index contributed by atoms with van der Waals surface area (Å²) in [6.45, 7) is 4.41. The second kappa shape index (κ2) is 7.26. The van der Waals surface area contributed by atoms with E-state index in [0.717, 1.165) is 0 Å². The van der Waals surface area contributed by atoms with Crippen LogP contribution in [0.5, 0.6) is 0 Å². The second-order valence-electron chi connectivity index (χ2n) is 5.33. The molecule has 0 fully saturated rings. The van der Waals surface area contributed by atoms with E-state index in [9.17, 15) is 27.9 Å². The SMILES string of the molecule is Cc1csc([C@@](O)(CC(=O)NCC(=O)NC(C)C)C(F)(F)F)n1. The number of nitrogens with one attached hydrogen (secondary N) is 2. The summed E-state index contributed by atoms with van der Waals surface area (Å²) >= 11 is 0.618. The van der Waals surface area contributed by atoms with Gasteiger partial charge in [0.05, 0.1) is 13.0 Å². The molecule has 1 aromatic rings. The van der Waals surface area contributed by atoms with E-state index in [-0.39, 0.29) is 6.04 Å². The van der Waals surface area contributed by atoms with Gasteiger partial charge in [-0.1, -0.05) is 0 Å². The Hall–Kier alpha value is -1.68. The van der Waals surface area contributed by atoms with Crippen LogP contribution in [0.25, 0.3) is 0 Å². The number of hydrogen-bond acceptors (Lipinski definition) is 5. The quantitative estimate of drug-likeness (QED) is 0.717. The zero-order chi connectivity index (χ0) is 17.8. The molecule has 0 spiro atoms. The first kappa shape index (κ1) is 19.4. The number of thiazole rings is 1. The average Bonchev–Trinajstić information content (AvgIpc) is 2.81. The van der Waals surface area contributed by atoms with Crippen molar-refractivity contribution in [3.63, 3.8) is 0 Å². The molecule has 6 nitrogen and oxygen atoms in total. The Morgan fingerprint density at radius 3 is 2.39 bits per heavy atom. The topological polar surface area (TPSA) is 91.3 Å². The number of hydrogen-bond donors (Lipinski definition) is 3. The fourth-order valence-corrected chi connectivity index (χ4v) is 2.60. The van der Waals surface area contributed by atoms with Gasteiger partial charge >= 0.3 is 6.18 Å². The highest BCUT2D eigenvalue weighted by molar-refractivity contribution is 7.09. The summed E-state index contributed by atoms with van der Waals surface area (Å²) in [5.74, 6) is -1.63. The van der Waals surface area contributed by atoms with Crippen LogP contribution in [-0.4, -0.2) is 40.7 Å². The van der Waals surface area contributed by atoms with Crippen molar-refractivity contribution in [2.24, 2.45) is 0 Å². The highest BCUT2D eigenvalue weighted by Gasteiger charge is 2.58. The summed E-state index contributed by atoms with van der Waals surface area (Å²) in [5, 5.41) is 15.3. The van der Waals surface area contributed by atoms with E-state index >= 15 is 0 Å². The molecule has 3 N–H and O–H groups in total. The van der Waals surface area contributed by atoms with Crippen LogP contribution in [0.15, 0.2) is 5.38 Å². The molecular formula is C13H18F3N3O3S. The molecule has 1 heterocycles. The van der Waals surface area contributed by atoms with Gasteiger partial charge < -0.3 is 15.7 Å². The first-order chi connectivity index (χ1) is 10.5. The molecule has 23 heavy (non-hydrogen) atoms. The normalized spacial score (nSPS) is 14.4. The van der Waals surface area contributed by atoms with E-state index in [0.29, 0.717) is 17.0 Å². The van der Waals surface area contributed by atoms with Gasteiger partial charge in [0, 0.05) is 17.1 Å². The third-order valence-electron chi connectivity index (χ3n) is 2.75. The number of alkyl halides is 3. The van der Waals surface area contributed by atoms with Crippen LogP contribution in [0.1, 0.15) is 31.0 Å². The standard InChI is InChI=1S/C13H18F3N3O3S/c1-7(2)18-10(21)5-17-9(20)4-12(22,13(14,15)16)11-19-8(3)6-23-11/h6-7,22H,4-5H2,1-3H3,(H,17,20)(H,18,21)/t12-/m0/s1. The number of nitrogens with zero attached hydrogens (tertiary/aromatic N) is 1. The molecule has 1 aromatic heterocycles. The van der Waals surface area contributed by atoms with Crippen molar-refractivity contribution < 1.29 is 27.9 Å². The molecule has 0 unspecified atom stereocenters. The number of aromatic nitrogens is 1. The molecule has 1 rings (SSSR count). The fourth-order valence-electron chi connectivity index (χ4n) is 1.69. The zero-order valence-corrected chi connectivity index (χ0v) is 13.6. The number of aryl methyl sites for hydroxylation is 1. The third-order valence-corrected chi connectivity index (χ3v) is 3.87. The molecule has 0 aliphatic rings. The van der Waals surface area contributed by atoms with Gasteiger partial charge in [-0.2, -0.15) is 13.2 Å². The van der Waals surface area contributed by atoms with Crippen LogP contribution in [0.3, 0.4) is 0 Å². The van der Waals surface area contributed by atoms with E-state index in [4.69, 9.17) is 0 Å². The average molecular weight is 353 g/mol. The van der Waals surface area contributed by atoms with Gasteiger partial charge in [-0.15, -0.1) is 11.3 Å². The van der Waals surface area contributed by atoms with Crippen molar-refractivity contribution in [3.05, 3.63) is 16.1 Å². The maximum atomic E-state index is 13.2. The lowest BCUT2D eigenvalue weighted by atomic mass is 9.99. The predicted octanol–water partition coefficient (Wildman–Crippen LogP) is 1.23. The summed E-state index contributed by atoms with van der Waals surface area (Å²) in [7, 11) is 0. The number of carbonyl (C=O) groups is 2. The smallest absolute Gasteiger partial charge is 0.374 e. The fraction of sp³-hybridized carbons (Fsp3) is 0.615. The van der Waals surface area contributed by atoms with Gasteiger partial charge in [0.15, 0.2) is 0 Å². The van der Waals surface area contributed by atoms with Gasteiger partial charge in [0.1, 0.15) is 5.01 Å². The number of halogens is 3. The Kier molecular flexibility index (Phi) is 6.11. The van der Waals surface area contributed by atoms with Crippen LogP contribution in [0, 0.1) is 6.92 Å². The lowest BCUT2D eigenvalue weighted by Crippen LogP contribution is -2.47. The predicted molar refractivity (Wildman–Crippen MR) is 77.7 cm³/mol. The molecule has 0 aliphatic heterocycles. The first-order valence-electron chi connectivity index (χ1n) is 6.73. The molecule has 2 amide bonds. The van der Waals surface area contributed by atoms with Crippen LogP contribution in [-0.2, 0) is 15.2 Å². The van der Waals surface area contributed by atoms with Crippen molar-refractivity contribution in [1.82, 2.24) is 15.6 Å². The maximum Gasteiger partial charge on any atom is 0.424 e. The van der Waals surface area contributed by atoms with E-state index in [1.807, 2.05) is 0 Å². The van der Waals surface area contributed by atoms with Crippen LogP contribution in [0.4, 0.5) is 13.2 Å². The minimum atomic E-state index is -5.07. The van der Waals surface area contributed by atoms with Crippen molar-refractivity contribution >= 4 is 23.2 Å². The Morgan fingerprint density at radius 1 is 1.35 bits per heavy atom. The second-order valence-corrected chi connectivity index (χ2v) is 6.19. The number of aliphatic hydroxyl groups is 1. The van der Waals surface area contributed by atoms with Gasteiger partial charge in [-0.3, -0.25) is 9.59 Å². The summed E-state index contributed by atoms with van der Waals surface area (Å²) in [6, 6.07) is -0.162. The largest absolute Gasteiger partial charge is 0.424 e. The Morgan fingerprint density at radius 2 is 1.96 bits per heavy atom. The highest BCUT2D eigenvalue weighted by atomic mass is 32.1. The van der Waals surface area contributed by atoms with E-state index in [1.54, 1.807) is 13.8 Å². The van der Waals surface area contributed by atoms with Gasteiger partial charge in [-0.25, -0.2) is 4.98 Å². The third kappa shape index (κ3) is 5.17. The Bertz CT molecular complexity index is 574. The zero-order valence-electron chi connectivity index (χ0n) is 12.8. The van der Waals surface area contributed by atoms with Crippen LogP contribution in [0.2, 0.25) is 0 Å².